The summed E-state index contributed by atoms with van der Waals surface area (Å²) in [6.45, 7) is 5.16. The largest absolute Gasteiger partial charge is 0.468 e. The van der Waals surface area contributed by atoms with Gasteiger partial charge in [-0.15, -0.1) is 0 Å². The molecule has 1 aromatic heterocycles. The van der Waals surface area contributed by atoms with Crippen LogP contribution >= 0.6 is 0 Å². The van der Waals surface area contributed by atoms with Crippen molar-refractivity contribution in [2.45, 2.75) is 26.0 Å². The number of rotatable bonds is 6. The lowest BCUT2D eigenvalue weighted by Crippen LogP contribution is -2.38. The molecule has 0 aromatic carbocycles. The molecule has 0 atom stereocenters. The van der Waals surface area contributed by atoms with E-state index in [1.165, 1.54) is 0 Å². The number of ether oxygens (including phenoxy) is 2. The van der Waals surface area contributed by atoms with Crippen molar-refractivity contribution in [2.24, 2.45) is 0 Å². The number of hydrogen-bond acceptors (Lipinski definition) is 5. The maximum absolute atomic E-state index is 5.57. The fourth-order valence-corrected chi connectivity index (χ4v) is 1.37. The Balaban J connectivity index is 1.85. The SMILES string of the molecule is CCCNCc1cncc(OC2COC2)n1. The molecular formula is C11H17N3O2. The van der Waals surface area contributed by atoms with Gasteiger partial charge in [0.25, 0.3) is 0 Å². The second-order valence-corrected chi connectivity index (χ2v) is 3.80. The molecule has 2 rings (SSSR count). The van der Waals surface area contributed by atoms with Crippen LogP contribution in [0.15, 0.2) is 12.4 Å². The minimum atomic E-state index is 0.146. The minimum absolute atomic E-state index is 0.146. The number of nitrogens with one attached hydrogen (secondary N) is 1. The molecule has 1 aromatic rings. The van der Waals surface area contributed by atoms with Gasteiger partial charge in [-0.05, 0) is 13.0 Å². The van der Waals surface area contributed by atoms with Crippen molar-refractivity contribution in [1.82, 2.24) is 15.3 Å². The van der Waals surface area contributed by atoms with Crippen LogP contribution in [0.2, 0.25) is 0 Å². The van der Waals surface area contributed by atoms with Crippen molar-refractivity contribution in [3.63, 3.8) is 0 Å². The van der Waals surface area contributed by atoms with Gasteiger partial charge in [0, 0.05) is 12.7 Å². The van der Waals surface area contributed by atoms with E-state index < -0.39 is 0 Å². The molecule has 0 radical (unpaired) electrons. The van der Waals surface area contributed by atoms with Gasteiger partial charge < -0.3 is 14.8 Å². The van der Waals surface area contributed by atoms with Crippen molar-refractivity contribution in [1.29, 1.82) is 0 Å². The van der Waals surface area contributed by atoms with E-state index in [1.807, 2.05) is 0 Å². The first-order valence-electron chi connectivity index (χ1n) is 5.64. The Hall–Kier alpha value is -1.20. The summed E-state index contributed by atoms with van der Waals surface area (Å²) in [7, 11) is 0. The highest BCUT2D eigenvalue weighted by Gasteiger charge is 2.20. The summed E-state index contributed by atoms with van der Waals surface area (Å²) < 4.78 is 10.6. The van der Waals surface area contributed by atoms with E-state index in [4.69, 9.17) is 9.47 Å². The smallest absolute Gasteiger partial charge is 0.233 e. The molecule has 1 saturated heterocycles. The Kier molecular flexibility index (Phi) is 4.07. The molecule has 5 heteroatoms. The van der Waals surface area contributed by atoms with Gasteiger partial charge in [-0.1, -0.05) is 6.92 Å². The zero-order valence-corrected chi connectivity index (χ0v) is 9.48. The number of aromatic nitrogens is 2. The third-order valence-corrected chi connectivity index (χ3v) is 2.29. The summed E-state index contributed by atoms with van der Waals surface area (Å²) in [6, 6.07) is 0. The monoisotopic (exact) mass is 223 g/mol. The highest BCUT2D eigenvalue weighted by molar-refractivity contribution is 5.09. The van der Waals surface area contributed by atoms with Crippen LogP contribution in [-0.2, 0) is 11.3 Å². The summed E-state index contributed by atoms with van der Waals surface area (Å²) in [4.78, 5) is 8.47. The van der Waals surface area contributed by atoms with Crippen LogP contribution in [0, 0.1) is 0 Å². The van der Waals surface area contributed by atoms with Crippen molar-refractivity contribution in [3.8, 4) is 5.88 Å². The van der Waals surface area contributed by atoms with Gasteiger partial charge in [0.1, 0.15) is 6.10 Å². The molecule has 16 heavy (non-hydrogen) atoms. The van der Waals surface area contributed by atoms with Gasteiger partial charge in [0.15, 0.2) is 0 Å². The molecule has 0 amide bonds. The Morgan fingerprint density at radius 3 is 3.06 bits per heavy atom. The maximum atomic E-state index is 5.57. The molecule has 1 N–H and O–H groups in total. The lowest BCUT2D eigenvalue weighted by atomic mass is 10.3. The van der Waals surface area contributed by atoms with Crippen LogP contribution in [0.1, 0.15) is 19.0 Å². The highest BCUT2D eigenvalue weighted by atomic mass is 16.6. The summed E-state index contributed by atoms with van der Waals surface area (Å²) >= 11 is 0. The summed E-state index contributed by atoms with van der Waals surface area (Å²) in [5, 5.41) is 3.28. The third-order valence-electron chi connectivity index (χ3n) is 2.29. The molecule has 0 spiro atoms. The van der Waals surface area contributed by atoms with Crippen LogP contribution in [0.4, 0.5) is 0 Å². The standard InChI is InChI=1S/C11H17N3O2/c1-2-3-12-4-9-5-13-6-11(14-9)16-10-7-15-8-10/h5-6,10,12H,2-4,7-8H2,1H3. The summed E-state index contributed by atoms with van der Waals surface area (Å²) in [6.07, 6.45) is 4.66. The number of hydrogen-bond donors (Lipinski definition) is 1. The second-order valence-electron chi connectivity index (χ2n) is 3.80. The van der Waals surface area contributed by atoms with E-state index in [0.29, 0.717) is 19.1 Å². The average molecular weight is 223 g/mol. The van der Waals surface area contributed by atoms with Crippen LogP contribution < -0.4 is 10.1 Å². The van der Waals surface area contributed by atoms with Crippen molar-refractivity contribution in [3.05, 3.63) is 18.1 Å². The van der Waals surface area contributed by atoms with Gasteiger partial charge >= 0.3 is 0 Å². The molecule has 5 nitrogen and oxygen atoms in total. The topological polar surface area (TPSA) is 56.3 Å². The van der Waals surface area contributed by atoms with E-state index in [0.717, 1.165) is 25.2 Å². The Morgan fingerprint density at radius 1 is 1.50 bits per heavy atom. The normalized spacial score (nSPS) is 15.8. The fraction of sp³-hybridized carbons (Fsp3) is 0.636. The van der Waals surface area contributed by atoms with Crippen LogP contribution in [0.5, 0.6) is 5.88 Å². The molecule has 88 valence electrons. The minimum Gasteiger partial charge on any atom is -0.468 e. The quantitative estimate of drug-likeness (QED) is 0.721. The van der Waals surface area contributed by atoms with E-state index in [9.17, 15) is 0 Å². The Labute approximate surface area is 95.2 Å². The second kappa shape index (κ2) is 5.77. The first-order chi connectivity index (χ1) is 7.88. The number of nitrogens with zero attached hydrogens (tertiary/aromatic N) is 2. The lowest BCUT2D eigenvalue weighted by molar-refractivity contribution is -0.0815. The van der Waals surface area contributed by atoms with Gasteiger partial charge in [-0.25, -0.2) is 4.98 Å². The first kappa shape index (κ1) is 11.3. The van der Waals surface area contributed by atoms with E-state index in [-0.39, 0.29) is 6.10 Å². The molecule has 1 aliphatic rings. The first-order valence-corrected chi connectivity index (χ1v) is 5.64. The molecular weight excluding hydrogens is 206 g/mol. The lowest BCUT2D eigenvalue weighted by Gasteiger charge is -2.25. The molecule has 2 heterocycles. The van der Waals surface area contributed by atoms with Crippen LogP contribution in [0.25, 0.3) is 0 Å². The van der Waals surface area contributed by atoms with Gasteiger partial charge in [0.2, 0.25) is 5.88 Å². The highest BCUT2D eigenvalue weighted by Crippen LogP contribution is 2.12. The van der Waals surface area contributed by atoms with Gasteiger partial charge in [0.05, 0.1) is 25.1 Å². The zero-order valence-electron chi connectivity index (χ0n) is 9.48. The van der Waals surface area contributed by atoms with Crippen LogP contribution in [-0.4, -0.2) is 35.8 Å². The zero-order chi connectivity index (χ0) is 11.2. The molecule has 1 fully saturated rings. The average Bonchev–Trinajstić information content (AvgIpc) is 2.25. The Morgan fingerprint density at radius 2 is 2.38 bits per heavy atom. The predicted octanol–water partition coefficient (Wildman–Crippen LogP) is 0.754. The summed E-state index contributed by atoms with van der Waals surface area (Å²) in [5.41, 5.74) is 0.909. The fourth-order valence-electron chi connectivity index (χ4n) is 1.37. The predicted molar refractivity (Wildman–Crippen MR) is 59.3 cm³/mol. The summed E-state index contributed by atoms with van der Waals surface area (Å²) in [5.74, 6) is 0.587. The third kappa shape index (κ3) is 3.15. The Bertz CT molecular complexity index is 329. The van der Waals surface area contributed by atoms with Crippen molar-refractivity contribution >= 4 is 0 Å². The molecule has 0 unspecified atom stereocenters. The van der Waals surface area contributed by atoms with Gasteiger partial charge in [-0.3, -0.25) is 4.98 Å². The van der Waals surface area contributed by atoms with E-state index in [2.05, 4.69) is 22.2 Å². The van der Waals surface area contributed by atoms with Crippen molar-refractivity contribution in [2.75, 3.05) is 19.8 Å². The van der Waals surface area contributed by atoms with Gasteiger partial charge in [-0.2, -0.15) is 0 Å². The van der Waals surface area contributed by atoms with E-state index in [1.54, 1.807) is 12.4 Å². The molecule has 1 aliphatic heterocycles. The van der Waals surface area contributed by atoms with Crippen LogP contribution in [0.3, 0.4) is 0 Å². The molecule has 0 aliphatic carbocycles. The van der Waals surface area contributed by atoms with E-state index >= 15 is 0 Å². The molecule has 0 bridgehead atoms. The maximum Gasteiger partial charge on any atom is 0.233 e. The van der Waals surface area contributed by atoms with Crippen molar-refractivity contribution < 1.29 is 9.47 Å². The molecule has 0 saturated carbocycles.